The van der Waals surface area contributed by atoms with E-state index >= 15 is 0 Å². The number of halogens is 2. The van der Waals surface area contributed by atoms with Gasteiger partial charge in [0.05, 0.1) is 61.0 Å². The standard InChI is InChI=1S/C22H21Cl2N7O3/c1-5-20(32)28-15-11-30(2)29-13(15)6-19-25-9-16-14(27-19)8-26-31(16)10-12-21(23)17(33-3)7-18(34-4)22(12)24/h5,7-9,11H,1,6,10H2,2-4H3,(H,28,32). The van der Waals surface area contributed by atoms with Crippen molar-refractivity contribution in [1.29, 1.82) is 0 Å². The van der Waals surface area contributed by atoms with Crippen LogP contribution in [0.15, 0.2) is 37.3 Å². The predicted octanol–water partition coefficient (Wildman–Crippen LogP) is 3.65. The molecule has 4 rings (SSSR count). The number of benzene rings is 1. The van der Waals surface area contributed by atoms with E-state index in [1.54, 1.807) is 41.1 Å². The number of anilines is 1. The molecule has 0 aliphatic carbocycles. The molecular formula is C22H21Cl2N7O3. The molecule has 3 heterocycles. The van der Waals surface area contributed by atoms with E-state index in [1.807, 2.05) is 0 Å². The summed E-state index contributed by atoms with van der Waals surface area (Å²) in [6, 6.07) is 1.63. The van der Waals surface area contributed by atoms with Crippen molar-refractivity contribution in [1.82, 2.24) is 29.5 Å². The Morgan fingerprint density at radius 2 is 1.91 bits per heavy atom. The third-order valence-corrected chi connectivity index (χ3v) is 5.92. The number of hydrogen-bond donors (Lipinski definition) is 1. The van der Waals surface area contributed by atoms with Crippen molar-refractivity contribution in [3.05, 3.63) is 64.4 Å². The van der Waals surface area contributed by atoms with Crippen molar-refractivity contribution in [2.75, 3.05) is 19.5 Å². The van der Waals surface area contributed by atoms with Gasteiger partial charge in [0.25, 0.3) is 0 Å². The van der Waals surface area contributed by atoms with Crippen LogP contribution >= 0.6 is 23.2 Å². The van der Waals surface area contributed by atoms with Gasteiger partial charge in [-0.2, -0.15) is 10.2 Å². The van der Waals surface area contributed by atoms with Gasteiger partial charge in [-0.3, -0.25) is 14.2 Å². The van der Waals surface area contributed by atoms with Crippen LogP contribution in [-0.4, -0.2) is 49.7 Å². The van der Waals surface area contributed by atoms with E-state index in [0.717, 1.165) is 0 Å². The summed E-state index contributed by atoms with van der Waals surface area (Å²) in [5, 5.41) is 12.3. The van der Waals surface area contributed by atoms with Gasteiger partial charge in [0.2, 0.25) is 5.91 Å². The third kappa shape index (κ3) is 4.55. The average molecular weight is 502 g/mol. The summed E-state index contributed by atoms with van der Waals surface area (Å²) in [7, 11) is 4.81. The lowest BCUT2D eigenvalue weighted by molar-refractivity contribution is -0.111. The van der Waals surface area contributed by atoms with Crippen LogP contribution in [0.5, 0.6) is 11.5 Å². The number of ether oxygens (including phenoxy) is 2. The molecule has 176 valence electrons. The minimum absolute atomic E-state index is 0.259. The van der Waals surface area contributed by atoms with Gasteiger partial charge >= 0.3 is 0 Å². The Bertz CT molecular complexity index is 1370. The van der Waals surface area contributed by atoms with E-state index in [0.29, 0.717) is 61.8 Å². The first kappa shape index (κ1) is 23.5. The highest BCUT2D eigenvalue weighted by Gasteiger charge is 2.19. The lowest BCUT2D eigenvalue weighted by Gasteiger charge is -2.15. The van der Waals surface area contributed by atoms with Crippen LogP contribution in [-0.2, 0) is 24.8 Å². The monoisotopic (exact) mass is 501 g/mol. The zero-order valence-corrected chi connectivity index (χ0v) is 20.2. The number of nitrogens with zero attached hydrogens (tertiary/aromatic N) is 6. The molecule has 0 saturated heterocycles. The highest BCUT2D eigenvalue weighted by atomic mass is 35.5. The summed E-state index contributed by atoms with van der Waals surface area (Å²) < 4.78 is 14.0. The predicted molar refractivity (Wildman–Crippen MR) is 129 cm³/mol. The summed E-state index contributed by atoms with van der Waals surface area (Å²) in [4.78, 5) is 20.8. The highest BCUT2D eigenvalue weighted by molar-refractivity contribution is 6.37. The topological polar surface area (TPSA) is 109 Å². The molecule has 1 N–H and O–H groups in total. The largest absolute Gasteiger partial charge is 0.495 e. The summed E-state index contributed by atoms with van der Waals surface area (Å²) >= 11 is 13.0. The second kappa shape index (κ2) is 9.70. The molecule has 0 unspecified atom stereocenters. The molecule has 0 atom stereocenters. The third-order valence-electron chi connectivity index (χ3n) is 5.09. The summed E-state index contributed by atoms with van der Waals surface area (Å²) in [5.74, 6) is 1.10. The first-order valence-corrected chi connectivity index (χ1v) is 10.8. The maximum absolute atomic E-state index is 11.7. The van der Waals surface area contributed by atoms with E-state index in [1.165, 1.54) is 20.3 Å². The molecule has 0 fully saturated rings. The maximum Gasteiger partial charge on any atom is 0.247 e. The lowest BCUT2D eigenvalue weighted by atomic mass is 10.2. The molecule has 0 radical (unpaired) electrons. The summed E-state index contributed by atoms with van der Waals surface area (Å²) in [5.41, 5.74) is 3.14. The quantitative estimate of drug-likeness (QED) is 0.367. The van der Waals surface area contributed by atoms with E-state index in [9.17, 15) is 4.79 Å². The fourth-order valence-electron chi connectivity index (χ4n) is 3.45. The molecule has 1 aromatic carbocycles. The first-order valence-electron chi connectivity index (χ1n) is 10.1. The normalized spacial score (nSPS) is 11.0. The molecule has 0 aliphatic rings. The Labute approximate surface area is 205 Å². The van der Waals surface area contributed by atoms with E-state index in [2.05, 4.69) is 32.1 Å². The molecule has 4 aromatic rings. The van der Waals surface area contributed by atoms with Crippen LogP contribution in [0, 0.1) is 0 Å². The minimum Gasteiger partial charge on any atom is -0.495 e. The van der Waals surface area contributed by atoms with Crippen molar-refractivity contribution in [2.45, 2.75) is 13.0 Å². The molecule has 0 spiro atoms. The molecule has 10 nitrogen and oxygen atoms in total. The second-order valence-corrected chi connectivity index (χ2v) is 8.04. The van der Waals surface area contributed by atoms with E-state index in [4.69, 9.17) is 32.7 Å². The zero-order chi connectivity index (χ0) is 24.4. The fourth-order valence-corrected chi connectivity index (χ4v) is 4.07. The van der Waals surface area contributed by atoms with Gasteiger partial charge in [-0.25, -0.2) is 9.97 Å². The molecule has 34 heavy (non-hydrogen) atoms. The van der Waals surface area contributed by atoms with Crippen molar-refractivity contribution >= 4 is 45.8 Å². The van der Waals surface area contributed by atoms with E-state index in [-0.39, 0.29) is 12.5 Å². The molecule has 0 saturated carbocycles. The summed E-state index contributed by atoms with van der Waals surface area (Å²) in [6.45, 7) is 3.73. The Balaban J connectivity index is 1.64. The number of aromatic nitrogens is 6. The number of aryl methyl sites for hydroxylation is 1. The first-order chi connectivity index (χ1) is 16.3. The van der Waals surface area contributed by atoms with Gasteiger partial charge in [-0.1, -0.05) is 29.8 Å². The molecule has 0 bridgehead atoms. The summed E-state index contributed by atoms with van der Waals surface area (Å²) in [6.07, 6.45) is 6.54. The Morgan fingerprint density at radius 1 is 1.21 bits per heavy atom. The molecule has 0 aliphatic heterocycles. The van der Waals surface area contributed by atoms with Crippen molar-refractivity contribution in [3.63, 3.8) is 0 Å². The zero-order valence-electron chi connectivity index (χ0n) is 18.7. The number of carbonyl (C=O) groups is 1. The molecular weight excluding hydrogens is 481 g/mol. The SMILES string of the molecule is C=CC(=O)Nc1cn(C)nc1Cc1ncc2c(cnn2Cc2c(Cl)c(OC)cc(OC)c2Cl)n1. The fraction of sp³-hybridized carbons (Fsp3) is 0.227. The van der Waals surface area contributed by atoms with Crippen LogP contribution in [0.3, 0.4) is 0 Å². The minimum atomic E-state index is -0.321. The van der Waals surface area contributed by atoms with Crippen molar-refractivity contribution < 1.29 is 14.3 Å². The number of rotatable bonds is 8. The Kier molecular flexibility index (Phi) is 6.71. The molecule has 1 amide bonds. The van der Waals surface area contributed by atoms with Gasteiger partial charge in [0.1, 0.15) is 28.4 Å². The van der Waals surface area contributed by atoms with Gasteiger partial charge in [0, 0.05) is 24.9 Å². The lowest BCUT2D eigenvalue weighted by Crippen LogP contribution is -2.09. The number of hydrogen-bond acceptors (Lipinski definition) is 7. The van der Waals surface area contributed by atoms with E-state index < -0.39 is 0 Å². The van der Waals surface area contributed by atoms with Crippen molar-refractivity contribution in [2.24, 2.45) is 7.05 Å². The molecule has 12 heteroatoms. The highest BCUT2D eigenvalue weighted by Crippen LogP contribution is 2.40. The van der Waals surface area contributed by atoms with Crippen LogP contribution in [0.4, 0.5) is 5.69 Å². The second-order valence-electron chi connectivity index (χ2n) is 7.28. The van der Waals surface area contributed by atoms with Crippen LogP contribution < -0.4 is 14.8 Å². The van der Waals surface area contributed by atoms with Gasteiger partial charge in [-0.15, -0.1) is 0 Å². The maximum atomic E-state index is 11.7. The number of fused-ring (bicyclic) bond motifs is 1. The van der Waals surface area contributed by atoms with Crippen molar-refractivity contribution in [3.8, 4) is 11.5 Å². The Hall–Kier alpha value is -3.63. The number of nitrogens with one attached hydrogen (secondary N) is 1. The van der Waals surface area contributed by atoms with Gasteiger partial charge < -0.3 is 14.8 Å². The smallest absolute Gasteiger partial charge is 0.247 e. The van der Waals surface area contributed by atoms with Gasteiger partial charge in [0.15, 0.2) is 0 Å². The van der Waals surface area contributed by atoms with Crippen LogP contribution in [0.2, 0.25) is 10.0 Å². The van der Waals surface area contributed by atoms with Gasteiger partial charge in [-0.05, 0) is 6.08 Å². The number of carbonyl (C=O) groups excluding carboxylic acids is 1. The number of amides is 1. The number of methoxy groups -OCH3 is 2. The van der Waals surface area contributed by atoms with Crippen LogP contribution in [0.25, 0.3) is 11.0 Å². The molecule has 3 aromatic heterocycles. The van der Waals surface area contributed by atoms with Crippen LogP contribution in [0.1, 0.15) is 17.1 Å². The average Bonchev–Trinajstić information content (AvgIpc) is 3.38. The Morgan fingerprint density at radius 3 is 2.56 bits per heavy atom.